The number of hydrogen-bond acceptors (Lipinski definition) is 7. The van der Waals surface area contributed by atoms with Crippen molar-refractivity contribution in [3.05, 3.63) is 64.7 Å². The summed E-state index contributed by atoms with van der Waals surface area (Å²) < 4.78 is 39.9. The van der Waals surface area contributed by atoms with Crippen molar-refractivity contribution in [2.45, 2.75) is 81.3 Å². The van der Waals surface area contributed by atoms with Gasteiger partial charge in [-0.05, 0) is 99.2 Å². The smallest absolute Gasteiger partial charge is 0.287 e. The van der Waals surface area contributed by atoms with Crippen molar-refractivity contribution < 1.29 is 28.0 Å². The molecule has 2 aliphatic heterocycles. The molecule has 248 valence electrons. The fraction of sp³-hybridized carbons (Fsp3) is 0.543. The number of carbonyl (C=O) groups is 2. The lowest BCUT2D eigenvalue weighted by Gasteiger charge is -2.46. The third-order valence-electron chi connectivity index (χ3n) is 10.1. The molecule has 9 nitrogen and oxygen atoms in total. The molecular weight excluding hydrogens is 626 g/mol. The van der Waals surface area contributed by atoms with Gasteiger partial charge >= 0.3 is 0 Å². The molecule has 5 atom stereocenters. The Morgan fingerprint density at radius 2 is 2.04 bits per heavy atom. The van der Waals surface area contributed by atoms with Gasteiger partial charge in [0.05, 0.1) is 29.9 Å². The van der Waals surface area contributed by atoms with Crippen LogP contribution in [-0.2, 0) is 40.8 Å². The third kappa shape index (κ3) is 6.33. The number of halogens is 1. The molecular formula is C35H44ClN3O6S. The second kappa shape index (κ2) is 12.9. The van der Waals surface area contributed by atoms with E-state index in [9.17, 15) is 13.8 Å². The standard InChI is InChI=1S/C35H44ClN3O6S/c1-5-32(40)37-46(42)26-12-15-31-29(19-26)39(21-35(22-44-31)16-6-8-23-18-25(36)11-14-28(23)35)20-24-10-13-27(24)30(43-4)9-7-17-45-34(2,3)33(41)38-46/h7,9,11-12,14-15,18-19,24,27,30H,5-6,8,10,13,16-17,20-22H2,1-4H3,(H,37,38,40,41,42)/t24-,27+,30+,35-,46-/m0/s1. The van der Waals surface area contributed by atoms with Gasteiger partial charge in [0.15, 0.2) is 9.92 Å². The number of fused-ring (bicyclic) bond motifs is 4. The fourth-order valence-electron chi connectivity index (χ4n) is 7.29. The van der Waals surface area contributed by atoms with Crippen LogP contribution < -0.4 is 14.4 Å². The van der Waals surface area contributed by atoms with Crippen LogP contribution in [0.3, 0.4) is 0 Å². The second-order valence-corrected chi connectivity index (χ2v) is 15.8. The monoisotopic (exact) mass is 669 g/mol. The minimum Gasteiger partial charge on any atom is -0.490 e. The first kappa shape index (κ1) is 33.0. The molecule has 2 aliphatic carbocycles. The summed E-state index contributed by atoms with van der Waals surface area (Å²) in [4.78, 5) is 28.8. The molecule has 0 aromatic heterocycles. The van der Waals surface area contributed by atoms with Crippen LogP contribution in [0.1, 0.15) is 64.0 Å². The van der Waals surface area contributed by atoms with Crippen LogP contribution in [-0.4, -0.2) is 61.1 Å². The van der Waals surface area contributed by atoms with Gasteiger partial charge in [0.25, 0.3) is 5.91 Å². The molecule has 1 spiro atoms. The molecule has 1 saturated carbocycles. The number of carbonyl (C=O) groups excluding carboxylic acids is 2. The molecule has 2 amide bonds. The number of rotatable bonds is 3. The van der Waals surface area contributed by atoms with Gasteiger partial charge in [0.1, 0.15) is 11.4 Å². The first-order chi connectivity index (χ1) is 22.0. The number of anilines is 1. The average Bonchev–Trinajstić information content (AvgIpc) is 3.16. The van der Waals surface area contributed by atoms with Crippen molar-refractivity contribution in [1.82, 2.24) is 4.72 Å². The van der Waals surface area contributed by atoms with E-state index in [1.807, 2.05) is 18.2 Å². The number of ether oxygens (including phenoxy) is 3. The van der Waals surface area contributed by atoms with Crippen LogP contribution >= 0.6 is 11.6 Å². The Labute approximate surface area is 277 Å². The molecule has 0 unspecified atom stereocenters. The topological polar surface area (TPSA) is 107 Å². The van der Waals surface area contributed by atoms with Crippen LogP contribution in [0.2, 0.25) is 5.02 Å². The first-order valence-electron chi connectivity index (χ1n) is 16.2. The van der Waals surface area contributed by atoms with Crippen molar-refractivity contribution >= 4 is 39.0 Å². The van der Waals surface area contributed by atoms with E-state index in [0.29, 0.717) is 30.7 Å². The maximum absolute atomic E-state index is 14.6. The highest BCUT2D eigenvalue weighted by atomic mass is 35.5. The van der Waals surface area contributed by atoms with Crippen LogP contribution in [0.15, 0.2) is 57.8 Å². The van der Waals surface area contributed by atoms with Gasteiger partial charge < -0.3 is 19.1 Å². The highest BCUT2D eigenvalue weighted by Crippen LogP contribution is 2.47. The predicted molar refractivity (Wildman–Crippen MR) is 179 cm³/mol. The number of methoxy groups -OCH3 is 1. The molecule has 1 fully saturated rings. The lowest BCUT2D eigenvalue weighted by Crippen LogP contribution is -2.49. The second-order valence-electron chi connectivity index (χ2n) is 13.5. The van der Waals surface area contributed by atoms with Crippen molar-refractivity contribution in [2.75, 3.05) is 38.3 Å². The summed E-state index contributed by atoms with van der Waals surface area (Å²) >= 11 is 6.44. The number of amides is 2. The highest BCUT2D eigenvalue weighted by Gasteiger charge is 2.44. The van der Waals surface area contributed by atoms with E-state index in [1.54, 1.807) is 46.1 Å². The molecule has 11 heteroatoms. The Bertz CT molecular complexity index is 1670. The maximum Gasteiger partial charge on any atom is 0.287 e. The van der Waals surface area contributed by atoms with E-state index in [0.717, 1.165) is 49.4 Å². The number of nitrogens with zero attached hydrogens (tertiary/aromatic N) is 2. The Hall–Kier alpha value is -2.92. The molecule has 2 heterocycles. The van der Waals surface area contributed by atoms with Crippen LogP contribution in [0.25, 0.3) is 0 Å². The fourth-order valence-corrected chi connectivity index (χ4v) is 9.19. The summed E-state index contributed by atoms with van der Waals surface area (Å²) in [7, 11) is -1.98. The lowest BCUT2D eigenvalue weighted by molar-refractivity contribution is -0.137. The summed E-state index contributed by atoms with van der Waals surface area (Å²) in [6.45, 7) is 6.92. The number of aryl methyl sites for hydroxylation is 1. The number of hydrogen-bond donors (Lipinski definition) is 1. The van der Waals surface area contributed by atoms with E-state index in [4.69, 9.17) is 25.8 Å². The molecule has 46 heavy (non-hydrogen) atoms. The van der Waals surface area contributed by atoms with Gasteiger partial charge in [-0.15, -0.1) is 4.36 Å². The van der Waals surface area contributed by atoms with Crippen LogP contribution in [0, 0.1) is 11.8 Å². The zero-order valence-corrected chi connectivity index (χ0v) is 28.6. The van der Waals surface area contributed by atoms with E-state index in [2.05, 4.69) is 26.1 Å². The molecule has 6 rings (SSSR count). The van der Waals surface area contributed by atoms with Crippen molar-refractivity contribution in [2.24, 2.45) is 16.2 Å². The van der Waals surface area contributed by atoms with E-state index in [1.165, 1.54) is 11.1 Å². The molecule has 4 aliphatic rings. The van der Waals surface area contributed by atoms with Gasteiger partial charge in [0, 0.05) is 37.1 Å². The van der Waals surface area contributed by atoms with E-state index >= 15 is 0 Å². The molecule has 0 radical (unpaired) electrons. The maximum atomic E-state index is 14.6. The zero-order chi connectivity index (χ0) is 32.7. The Kier molecular flexibility index (Phi) is 9.28. The lowest BCUT2D eigenvalue weighted by atomic mass is 9.68. The van der Waals surface area contributed by atoms with Crippen LogP contribution in [0.5, 0.6) is 5.75 Å². The zero-order valence-electron chi connectivity index (χ0n) is 27.1. The third-order valence-corrected chi connectivity index (χ3v) is 12.2. The highest BCUT2D eigenvalue weighted by molar-refractivity contribution is 7.92. The summed E-state index contributed by atoms with van der Waals surface area (Å²) in [6, 6.07) is 11.4. The predicted octanol–water partition coefficient (Wildman–Crippen LogP) is 6.01. The van der Waals surface area contributed by atoms with Crippen LogP contribution in [0.4, 0.5) is 5.69 Å². The summed E-state index contributed by atoms with van der Waals surface area (Å²) in [5.74, 6) is 0.114. The molecule has 0 saturated heterocycles. The average molecular weight is 670 g/mol. The minimum absolute atomic E-state index is 0.0846. The summed E-state index contributed by atoms with van der Waals surface area (Å²) in [6.07, 6.45) is 8.92. The largest absolute Gasteiger partial charge is 0.490 e. The van der Waals surface area contributed by atoms with Gasteiger partial charge in [-0.2, -0.15) is 0 Å². The Balaban J connectivity index is 1.51. The SMILES string of the molecule is CCC(=O)N[S@]1(=O)=NC(=O)C(C)(C)OCC=C[C@@H](OC)[C@@H]2CC[C@H]2CN2C[C@@]3(CCCc4cc(Cl)ccc43)COc3ccc1cc32. The number of benzene rings is 2. The van der Waals surface area contributed by atoms with Crippen molar-refractivity contribution in [3.63, 3.8) is 0 Å². The van der Waals surface area contributed by atoms with Gasteiger partial charge in [-0.1, -0.05) is 36.7 Å². The minimum atomic E-state index is -3.71. The molecule has 2 bridgehead atoms. The van der Waals surface area contributed by atoms with Gasteiger partial charge in [-0.3, -0.25) is 14.3 Å². The molecule has 2 aromatic rings. The first-order valence-corrected chi connectivity index (χ1v) is 18.1. The van der Waals surface area contributed by atoms with Gasteiger partial charge in [0.2, 0.25) is 5.91 Å². The Morgan fingerprint density at radius 1 is 1.22 bits per heavy atom. The molecule has 1 N–H and O–H groups in total. The quantitative estimate of drug-likeness (QED) is 0.399. The van der Waals surface area contributed by atoms with E-state index in [-0.39, 0.29) is 29.4 Å². The summed E-state index contributed by atoms with van der Waals surface area (Å²) in [5, 5.41) is 0.731. The van der Waals surface area contributed by atoms with Crippen molar-refractivity contribution in [3.8, 4) is 5.75 Å². The summed E-state index contributed by atoms with van der Waals surface area (Å²) in [5.41, 5.74) is 1.62. The Morgan fingerprint density at radius 3 is 2.78 bits per heavy atom. The normalized spacial score (nSPS) is 30.6. The van der Waals surface area contributed by atoms with E-state index < -0.39 is 27.3 Å². The molecule has 2 aromatic carbocycles. The number of nitrogens with one attached hydrogen (secondary N) is 1. The van der Waals surface area contributed by atoms with Crippen molar-refractivity contribution in [1.29, 1.82) is 0 Å². The van der Waals surface area contributed by atoms with Gasteiger partial charge in [-0.25, -0.2) is 4.21 Å².